The molecule has 5 nitrogen and oxygen atoms in total. The molecule has 0 bridgehead atoms. The van der Waals surface area contributed by atoms with Crippen LogP contribution in [0.15, 0.2) is 29.3 Å². The first kappa shape index (κ1) is 18.0. The molecule has 1 fully saturated rings. The SMILES string of the molecule is I.NC(=NCCCNc1cccc(F)c1)N1CCOCC1. The first-order valence-electron chi connectivity index (χ1n) is 6.88. The van der Waals surface area contributed by atoms with Crippen LogP contribution in [0, 0.1) is 5.82 Å². The number of anilines is 1. The molecule has 1 saturated heterocycles. The first-order chi connectivity index (χ1) is 9.75. The van der Waals surface area contributed by atoms with Crippen LogP contribution in [0.4, 0.5) is 10.1 Å². The normalized spacial score (nSPS) is 15.5. The van der Waals surface area contributed by atoms with E-state index in [4.69, 9.17) is 10.5 Å². The number of rotatable bonds is 5. The molecule has 118 valence electrons. The Morgan fingerprint density at radius 3 is 2.86 bits per heavy atom. The van der Waals surface area contributed by atoms with E-state index >= 15 is 0 Å². The molecule has 1 aliphatic heterocycles. The highest BCUT2D eigenvalue weighted by atomic mass is 127. The van der Waals surface area contributed by atoms with E-state index in [1.165, 1.54) is 12.1 Å². The van der Waals surface area contributed by atoms with Crippen LogP contribution in [0.3, 0.4) is 0 Å². The number of hydrogen-bond acceptors (Lipinski definition) is 3. The van der Waals surface area contributed by atoms with Crippen LogP contribution in [-0.4, -0.2) is 50.3 Å². The molecule has 0 aromatic heterocycles. The average molecular weight is 408 g/mol. The van der Waals surface area contributed by atoms with Crippen molar-refractivity contribution in [3.63, 3.8) is 0 Å². The van der Waals surface area contributed by atoms with Crippen molar-refractivity contribution in [2.45, 2.75) is 6.42 Å². The van der Waals surface area contributed by atoms with Crippen molar-refractivity contribution < 1.29 is 9.13 Å². The zero-order chi connectivity index (χ0) is 14.2. The first-order valence-corrected chi connectivity index (χ1v) is 6.88. The Morgan fingerprint density at radius 2 is 2.14 bits per heavy atom. The summed E-state index contributed by atoms with van der Waals surface area (Å²) in [6.45, 7) is 4.41. The smallest absolute Gasteiger partial charge is 0.191 e. The molecular formula is C14H22FIN4O. The van der Waals surface area contributed by atoms with Gasteiger partial charge in [-0.3, -0.25) is 4.99 Å². The van der Waals surface area contributed by atoms with Crippen molar-refractivity contribution in [3.05, 3.63) is 30.1 Å². The van der Waals surface area contributed by atoms with E-state index in [2.05, 4.69) is 10.3 Å². The maximum atomic E-state index is 13.0. The predicted molar refractivity (Wildman–Crippen MR) is 93.8 cm³/mol. The highest BCUT2D eigenvalue weighted by molar-refractivity contribution is 14.0. The Labute approximate surface area is 141 Å². The zero-order valence-electron chi connectivity index (χ0n) is 11.9. The monoisotopic (exact) mass is 408 g/mol. The van der Waals surface area contributed by atoms with E-state index in [1.807, 2.05) is 11.0 Å². The highest BCUT2D eigenvalue weighted by Gasteiger charge is 2.11. The molecule has 0 unspecified atom stereocenters. The van der Waals surface area contributed by atoms with Gasteiger partial charge in [0, 0.05) is 31.9 Å². The van der Waals surface area contributed by atoms with Crippen molar-refractivity contribution >= 4 is 35.6 Å². The fourth-order valence-electron chi connectivity index (χ4n) is 2.00. The van der Waals surface area contributed by atoms with Gasteiger partial charge in [-0.1, -0.05) is 6.07 Å². The highest BCUT2D eigenvalue weighted by Crippen LogP contribution is 2.08. The number of aliphatic imine (C=N–C) groups is 1. The van der Waals surface area contributed by atoms with Gasteiger partial charge in [-0.25, -0.2) is 4.39 Å². The lowest BCUT2D eigenvalue weighted by molar-refractivity contribution is 0.0674. The second kappa shape index (κ2) is 9.78. The van der Waals surface area contributed by atoms with Gasteiger partial charge < -0.3 is 20.7 Å². The topological polar surface area (TPSA) is 62.9 Å². The summed E-state index contributed by atoms with van der Waals surface area (Å²) in [6, 6.07) is 6.44. The van der Waals surface area contributed by atoms with Crippen LogP contribution in [0.1, 0.15) is 6.42 Å². The summed E-state index contributed by atoms with van der Waals surface area (Å²) in [5.74, 6) is 0.351. The number of hydrogen-bond donors (Lipinski definition) is 2. The summed E-state index contributed by atoms with van der Waals surface area (Å²) >= 11 is 0. The van der Waals surface area contributed by atoms with Gasteiger partial charge in [0.05, 0.1) is 13.2 Å². The summed E-state index contributed by atoms with van der Waals surface area (Å²) in [5.41, 5.74) is 6.70. The Morgan fingerprint density at radius 1 is 1.38 bits per heavy atom. The number of morpholine rings is 1. The minimum absolute atomic E-state index is 0. The maximum Gasteiger partial charge on any atom is 0.191 e. The molecule has 0 radical (unpaired) electrons. The number of guanidine groups is 1. The standard InChI is InChI=1S/C14H21FN4O.HI/c15-12-3-1-4-13(11-12)17-5-2-6-18-14(16)19-7-9-20-10-8-19;/h1,3-4,11,17H,2,5-10H2,(H2,16,18);1H. The number of benzene rings is 1. The van der Waals surface area contributed by atoms with Crippen LogP contribution in [-0.2, 0) is 4.74 Å². The molecule has 0 atom stereocenters. The van der Waals surface area contributed by atoms with Gasteiger partial charge in [-0.2, -0.15) is 0 Å². The predicted octanol–water partition coefficient (Wildman–Crippen LogP) is 1.89. The van der Waals surface area contributed by atoms with Crippen molar-refractivity contribution in [2.75, 3.05) is 44.7 Å². The Bertz CT molecular complexity index is 452. The molecule has 7 heteroatoms. The third-order valence-electron chi connectivity index (χ3n) is 3.10. The van der Waals surface area contributed by atoms with Crippen LogP contribution in [0.5, 0.6) is 0 Å². The van der Waals surface area contributed by atoms with Gasteiger partial charge in [0.15, 0.2) is 5.96 Å². The molecular weight excluding hydrogens is 386 g/mol. The molecule has 0 spiro atoms. The molecule has 1 aliphatic rings. The Balaban J connectivity index is 0.00000220. The molecule has 1 aromatic rings. The van der Waals surface area contributed by atoms with Crippen LogP contribution in [0.2, 0.25) is 0 Å². The van der Waals surface area contributed by atoms with Gasteiger partial charge in [0.25, 0.3) is 0 Å². The molecule has 0 aliphatic carbocycles. The van der Waals surface area contributed by atoms with Crippen LogP contribution >= 0.6 is 24.0 Å². The van der Waals surface area contributed by atoms with Gasteiger partial charge in [-0.15, -0.1) is 24.0 Å². The lowest BCUT2D eigenvalue weighted by Crippen LogP contribution is -2.44. The van der Waals surface area contributed by atoms with E-state index in [1.54, 1.807) is 6.07 Å². The lowest BCUT2D eigenvalue weighted by atomic mass is 10.3. The summed E-state index contributed by atoms with van der Waals surface area (Å²) in [7, 11) is 0. The quantitative estimate of drug-likeness (QED) is 0.338. The van der Waals surface area contributed by atoms with Gasteiger partial charge in [-0.05, 0) is 24.6 Å². The molecule has 1 heterocycles. The summed E-state index contributed by atoms with van der Waals surface area (Å²) < 4.78 is 18.2. The molecule has 21 heavy (non-hydrogen) atoms. The van der Waals surface area contributed by atoms with Gasteiger partial charge in [0.2, 0.25) is 0 Å². The lowest BCUT2D eigenvalue weighted by Gasteiger charge is -2.27. The summed E-state index contributed by atoms with van der Waals surface area (Å²) in [6.07, 6.45) is 0.849. The van der Waals surface area contributed by atoms with E-state index in [9.17, 15) is 4.39 Å². The van der Waals surface area contributed by atoms with E-state index < -0.39 is 0 Å². The average Bonchev–Trinajstić information content (AvgIpc) is 2.48. The number of nitrogens with one attached hydrogen (secondary N) is 1. The van der Waals surface area contributed by atoms with Crippen molar-refractivity contribution in [3.8, 4) is 0 Å². The van der Waals surface area contributed by atoms with E-state index in [-0.39, 0.29) is 29.8 Å². The second-order valence-corrected chi connectivity index (χ2v) is 4.63. The maximum absolute atomic E-state index is 13.0. The minimum Gasteiger partial charge on any atom is -0.385 e. The fraction of sp³-hybridized carbons (Fsp3) is 0.500. The minimum atomic E-state index is -0.232. The summed E-state index contributed by atoms with van der Waals surface area (Å²) in [5, 5.41) is 3.16. The van der Waals surface area contributed by atoms with Crippen molar-refractivity contribution in [1.82, 2.24) is 4.90 Å². The van der Waals surface area contributed by atoms with Crippen LogP contribution < -0.4 is 11.1 Å². The molecule has 1 aromatic carbocycles. The number of nitrogens with two attached hydrogens (primary N) is 1. The van der Waals surface area contributed by atoms with Crippen molar-refractivity contribution in [2.24, 2.45) is 10.7 Å². The largest absolute Gasteiger partial charge is 0.385 e. The molecule has 0 saturated carbocycles. The second-order valence-electron chi connectivity index (χ2n) is 4.63. The molecule has 0 amide bonds. The van der Waals surface area contributed by atoms with Crippen LogP contribution in [0.25, 0.3) is 0 Å². The molecule has 2 rings (SSSR count). The number of nitrogens with zero attached hydrogens (tertiary/aromatic N) is 2. The van der Waals surface area contributed by atoms with Gasteiger partial charge >= 0.3 is 0 Å². The van der Waals surface area contributed by atoms with Gasteiger partial charge in [0.1, 0.15) is 5.82 Å². The van der Waals surface area contributed by atoms with Crippen molar-refractivity contribution in [1.29, 1.82) is 0 Å². The van der Waals surface area contributed by atoms with E-state index in [0.29, 0.717) is 25.7 Å². The summed E-state index contributed by atoms with van der Waals surface area (Å²) in [4.78, 5) is 6.38. The number of halogens is 2. The Hall–Kier alpha value is -1.09. The Kier molecular flexibility index (Phi) is 8.36. The third kappa shape index (κ3) is 6.47. The molecule has 3 N–H and O–H groups in total. The fourth-order valence-corrected chi connectivity index (χ4v) is 2.00. The van der Waals surface area contributed by atoms with E-state index in [0.717, 1.165) is 31.7 Å². The zero-order valence-corrected chi connectivity index (χ0v) is 14.3. The number of ether oxygens (including phenoxy) is 1. The third-order valence-corrected chi connectivity index (χ3v) is 3.10.